The van der Waals surface area contributed by atoms with Gasteiger partial charge in [-0.1, -0.05) is 6.42 Å². The van der Waals surface area contributed by atoms with Gasteiger partial charge < -0.3 is 14.7 Å². The van der Waals surface area contributed by atoms with Crippen LogP contribution in [-0.2, 0) is 10.2 Å². The molecule has 2 aliphatic carbocycles. The van der Waals surface area contributed by atoms with Crippen LogP contribution in [0.25, 0.3) is 0 Å². The third-order valence-electron chi connectivity index (χ3n) is 8.75. The van der Waals surface area contributed by atoms with Crippen molar-refractivity contribution in [3.63, 3.8) is 0 Å². The summed E-state index contributed by atoms with van der Waals surface area (Å²) in [4.78, 5) is 33.8. The predicted octanol–water partition coefficient (Wildman–Crippen LogP) is 3.44. The number of aromatic nitrogens is 3. The molecule has 2 aliphatic heterocycles. The summed E-state index contributed by atoms with van der Waals surface area (Å²) in [5, 5.41) is 19.1. The van der Waals surface area contributed by atoms with Gasteiger partial charge >= 0.3 is 0 Å². The van der Waals surface area contributed by atoms with Crippen molar-refractivity contribution in [1.82, 2.24) is 19.9 Å². The van der Waals surface area contributed by atoms with Crippen LogP contribution < -0.4 is 9.80 Å². The fraction of sp³-hybridized carbons (Fsp3) is 0.556. The highest BCUT2D eigenvalue weighted by Crippen LogP contribution is 2.56. The third kappa shape index (κ3) is 3.33. The van der Waals surface area contributed by atoms with Crippen molar-refractivity contribution in [3.8, 4) is 12.1 Å². The van der Waals surface area contributed by atoms with Crippen LogP contribution in [0.15, 0.2) is 24.7 Å². The zero-order valence-corrected chi connectivity index (χ0v) is 20.7. The van der Waals surface area contributed by atoms with E-state index in [9.17, 15) is 15.3 Å². The van der Waals surface area contributed by atoms with Crippen LogP contribution in [-0.4, -0.2) is 58.0 Å². The molecular weight excluding hydrogens is 452 g/mol. The first-order chi connectivity index (χ1) is 17.5. The number of rotatable bonds is 3. The van der Waals surface area contributed by atoms with E-state index in [1.165, 1.54) is 12.0 Å². The van der Waals surface area contributed by atoms with Crippen LogP contribution in [0, 0.1) is 28.1 Å². The van der Waals surface area contributed by atoms with Gasteiger partial charge in [-0.3, -0.25) is 4.79 Å². The van der Waals surface area contributed by atoms with Crippen molar-refractivity contribution in [3.05, 3.63) is 35.8 Å². The van der Waals surface area contributed by atoms with E-state index in [4.69, 9.17) is 9.97 Å². The lowest BCUT2D eigenvalue weighted by Crippen LogP contribution is -2.50. The summed E-state index contributed by atoms with van der Waals surface area (Å²) in [6.45, 7) is 4.99. The second-order valence-electron chi connectivity index (χ2n) is 10.8. The summed E-state index contributed by atoms with van der Waals surface area (Å²) in [6.07, 6.45) is 9.77. The lowest BCUT2D eigenvalue weighted by molar-refractivity contribution is -0.143. The number of nitrogens with zero attached hydrogens (tertiary/aromatic N) is 8. The molecule has 1 unspecified atom stereocenters. The molecule has 1 spiro atoms. The lowest BCUT2D eigenvalue weighted by atomic mass is 9.66. The average Bonchev–Trinajstić information content (AvgIpc) is 3.10. The molecule has 184 valence electrons. The number of amides is 1. The minimum absolute atomic E-state index is 0.00273. The zero-order chi connectivity index (χ0) is 24.9. The van der Waals surface area contributed by atoms with E-state index >= 15 is 0 Å². The topological polar surface area (TPSA) is 113 Å². The number of pyridine rings is 1. The van der Waals surface area contributed by atoms with Crippen molar-refractivity contribution in [2.75, 3.05) is 36.0 Å². The van der Waals surface area contributed by atoms with Crippen LogP contribution >= 0.6 is 0 Å². The molecule has 1 atom stereocenters. The van der Waals surface area contributed by atoms with Gasteiger partial charge in [-0.05, 0) is 57.6 Å². The Morgan fingerprint density at radius 1 is 1.06 bits per heavy atom. The number of hydrogen-bond acceptors (Lipinski definition) is 8. The molecule has 36 heavy (non-hydrogen) atoms. The molecule has 0 bridgehead atoms. The second kappa shape index (κ2) is 8.44. The van der Waals surface area contributed by atoms with Gasteiger partial charge in [0.15, 0.2) is 0 Å². The van der Waals surface area contributed by atoms with Gasteiger partial charge in [-0.2, -0.15) is 10.5 Å². The van der Waals surface area contributed by atoms with Crippen LogP contribution in [0.4, 0.5) is 17.5 Å². The van der Waals surface area contributed by atoms with Crippen LogP contribution in [0.3, 0.4) is 0 Å². The molecule has 4 heterocycles. The maximum Gasteiger partial charge on any atom is 0.243 e. The van der Waals surface area contributed by atoms with Crippen molar-refractivity contribution >= 4 is 23.4 Å². The van der Waals surface area contributed by atoms with Crippen molar-refractivity contribution in [2.45, 2.75) is 63.3 Å². The number of nitriles is 2. The van der Waals surface area contributed by atoms with E-state index in [1.807, 2.05) is 11.0 Å². The minimum atomic E-state index is -0.813. The zero-order valence-electron chi connectivity index (χ0n) is 20.7. The fourth-order valence-electron chi connectivity index (χ4n) is 6.42. The molecule has 1 amide bonds. The maximum atomic E-state index is 13.3. The summed E-state index contributed by atoms with van der Waals surface area (Å²) in [5.41, 5.74) is 0.929. The Balaban J connectivity index is 1.34. The summed E-state index contributed by atoms with van der Waals surface area (Å²) < 4.78 is 0. The number of fused-ring (bicyclic) bond motifs is 2. The predicted molar refractivity (Wildman–Crippen MR) is 133 cm³/mol. The molecule has 1 saturated heterocycles. The monoisotopic (exact) mass is 482 g/mol. The number of anilines is 3. The third-order valence-corrected chi connectivity index (χ3v) is 8.75. The van der Waals surface area contributed by atoms with E-state index in [2.05, 4.69) is 33.8 Å². The molecule has 4 aliphatic rings. The van der Waals surface area contributed by atoms with Crippen molar-refractivity contribution in [2.24, 2.45) is 5.41 Å². The number of hydrogen-bond donors (Lipinski definition) is 0. The van der Waals surface area contributed by atoms with Crippen LogP contribution in [0.5, 0.6) is 0 Å². The Kier molecular flexibility index (Phi) is 5.33. The molecule has 9 nitrogen and oxygen atoms in total. The molecule has 3 fully saturated rings. The summed E-state index contributed by atoms with van der Waals surface area (Å²) in [7, 11) is 0. The van der Waals surface area contributed by atoms with Crippen LogP contribution in [0.1, 0.15) is 63.0 Å². The molecule has 2 saturated carbocycles. The Labute approximate surface area is 211 Å². The minimum Gasteiger partial charge on any atom is -0.352 e. The Hall–Kier alpha value is -3.72. The number of carbonyl (C=O) groups excluding carboxylic acids is 1. The van der Waals surface area contributed by atoms with Gasteiger partial charge in [0.1, 0.15) is 29.2 Å². The van der Waals surface area contributed by atoms with E-state index in [0.29, 0.717) is 31.5 Å². The molecule has 2 aromatic rings. The molecule has 0 radical (unpaired) electrons. The van der Waals surface area contributed by atoms with Crippen molar-refractivity contribution < 1.29 is 4.79 Å². The highest BCUT2D eigenvalue weighted by Gasteiger charge is 2.52. The summed E-state index contributed by atoms with van der Waals surface area (Å²) in [6, 6.07) is 8.15. The largest absolute Gasteiger partial charge is 0.352 e. The second-order valence-corrected chi connectivity index (χ2v) is 10.8. The quantitative estimate of drug-likeness (QED) is 0.654. The first-order valence-corrected chi connectivity index (χ1v) is 13.0. The van der Waals surface area contributed by atoms with E-state index in [1.54, 1.807) is 18.6 Å². The van der Waals surface area contributed by atoms with Gasteiger partial charge in [0.05, 0.1) is 17.7 Å². The molecular formula is C27H30N8O. The van der Waals surface area contributed by atoms with E-state index in [-0.39, 0.29) is 17.4 Å². The molecule has 0 N–H and O–H groups in total. The Morgan fingerprint density at radius 2 is 1.83 bits per heavy atom. The summed E-state index contributed by atoms with van der Waals surface area (Å²) in [5.74, 6) is 2.58. The summed E-state index contributed by atoms with van der Waals surface area (Å²) >= 11 is 0. The standard InChI is InChI=1S/C27H30N8O/c1-19-15-33(25(36)26(16-29)6-2-7-26)11-4-12-34(19)23-22-24(32-18-31-23)35(17-27(22)8-3-9-27)21-13-20(14-28)5-10-30-21/h5,10,13,18-19H,2-4,6-9,11-12,15,17H2,1H3. The van der Waals surface area contributed by atoms with Gasteiger partial charge in [-0.15, -0.1) is 0 Å². The lowest BCUT2D eigenvalue weighted by Gasteiger charge is -2.41. The first kappa shape index (κ1) is 22.7. The van der Waals surface area contributed by atoms with Gasteiger partial charge in [0.2, 0.25) is 5.91 Å². The average molecular weight is 483 g/mol. The highest BCUT2D eigenvalue weighted by atomic mass is 16.2. The Morgan fingerprint density at radius 3 is 2.50 bits per heavy atom. The van der Waals surface area contributed by atoms with Gasteiger partial charge in [-0.25, -0.2) is 15.0 Å². The molecule has 2 aromatic heterocycles. The van der Waals surface area contributed by atoms with Gasteiger partial charge in [0.25, 0.3) is 0 Å². The maximum absolute atomic E-state index is 13.3. The normalized spacial score (nSPS) is 23.6. The first-order valence-electron chi connectivity index (χ1n) is 13.0. The van der Waals surface area contributed by atoms with Crippen LogP contribution in [0.2, 0.25) is 0 Å². The van der Waals surface area contributed by atoms with Crippen molar-refractivity contribution in [1.29, 1.82) is 10.5 Å². The van der Waals surface area contributed by atoms with E-state index in [0.717, 1.165) is 56.2 Å². The number of carbonyl (C=O) groups is 1. The molecule has 0 aromatic carbocycles. The Bertz CT molecular complexity index is 1290. The fourth-order valence-corrected chi connectivity index (χ4v) is 6.42. The van der Waals surface area contributed by atoms with E-state index < -0.39 is 5.41 Å². The molecule has 9 heteroatoms. The highest BCUT2D eigenvalue weighted by molar-refractivity contribution is 5.86. The smallest absolute Gasteiger partial charge is 0.243 e. The SMILES string of the molecule is CC1CN(C(=O)C2(C#N)CCC2)CCCN1c1ncnc2c1C1(CCC1)CN2c1cc(C#N)ccn1. The molecule has 6 rings (SSSR count). The van der Waals surface area contributed by atoms with Gasteiger partial charge in [0, 0.05) is 49.4 Å².